The molecule has 1 aromatic heterocycles. The number of aromatic amines is 1. The smallest absolute Gasteiger partial charge is 0.262 e. The Morgan fingerprint density at radius 3 is 2.26 bits per heavy atom. The minimum Gasteiger partial charge on any atom is -0.495 e. The standard InChI is InChI=1S/C13H13NO5/c1-17-9-5-4-7-10(12(9)19-3)14-13(16)8(6-15)11(7)18-2/h4-6H,1-3H3,(H,14,16). The molecule has 100 valence electrons. The fourth-order valence-electron chi connectivity index (χ4n) is 2.00. The van der Waals surface area contributed by atoms with Gasteiger partial charge >= 0.3 is 0 Å². The molecule has 0 unspecified atom stereocenters. The molecule has 2 rings (SSSR count). The van der Waals surface area contributed by atoms with E-state index in [1.165, 1.54) is 21.3 Å². The lowest BCUT2D eigenvalue weighted by atomic mass is 10.1. The van der Waals surface area contributed by atoms with E-state index >= 15 is 0 Å². The van der Waals surface area contributed by atoms with Crippen LogP contribution >= 0.6 is 0 Å². The number of rotatable bonds is 4. The van der Waals surface area contributed by atoms with Gasteiger partial charge in [-0.05, 0) is 12.1 Å². The number of carbonyl (C=O) groups excluding carboxylic acids is 1. The first-order valence-electron chi connectivity index (χ1n) is 5.48. The first-order chi connectivity index (χ1) is 9.17. The SMILES string of the molecule is COc1ccc2c(OC)c(C=O)c(=O)[nH]c2c1OC. The zero-order valence-electron chi connectivity index (χ0n) is 10.8. The maximum absolute atomic E-state index is 11.8. The van der Waals surface area contributed by atoms with Crippen LogP contribution in [0.4, 0.5) is 0 Å². The zero-order valence-corrected chi connectivity index (χ0v) is 10.8. The highest BCUT2D eigenvalue weighted by molar-refractivity contribution is 5.97. The van der Waals surface area contributed by atoms with Crippen molar-refractivity contribution in [2.24, 2.45) is 0 Å². The molecule has 0 saturated heterocycles. The molecule has 2 aromatic rings. The summed E-state index contributed by atoms with van der Waals surface area (Å²) >= 11 is 0. The van der Waals surface area contributed by atoms with Crippen molar-refractivity contribution in [3.63, 3.8) is 0 Å². The maximum atomic E-state index is 11.8. The molecule has 0 aliphatic rings. The van der Waals surface area contributed by atoms with E-state index in [2.05, 4.69) is 4.98 Å². The van der Waals surface area contributed by atoms with Gasteiger partial charge in [-0.2, -0.15) is 0 Å². The van der Waals surface area contributed by atoms with Crippen LogP contribution in [0.5, 0.6) is 17.2 Å². The molecule has 0 atom stereocenters. The van der Waals surface area contributed by atoms with Crippen molar-refractivity contribution in [3.8, 4) is 17.2 Å². The van der Waals surface area contributed by atoms with E-state index in [4.69, 9.17) is 14.2 Å². The van der Waals surface area contributed by atoms with Crippen LogP contribution in [0.1, 0.15) is 10.4 Å². The molecule has 0 aliphatic heterocycles. The van der Waals surface area contributed by atoms with Gasteiger partial charge in [0, 0.05) is 5.39 Å². The molecule has 0 radical (unpaired) electrons. The quantitative estimate of drug-likeness (QED) is 0.843. The maximum Gasteiger partial charge on any atom is 0.262 e. The predicted octanol–water partition coefficient (Wildman–Crippen LogP) is 1.37. The van der Waals surface area contributed by atoms with E-state index in [1.807, 2.05) is 0 Å². The summed E-state index contributed by atoms with van der Waals surface area (Å²) in [5.74, 6) is 1.08. The average molecular weight is 263 g/mol. The number of ether oxygens (including phenoxy) is 3. The molecule has 6 heteroatoms. The Morgan fingerprint density at radius 1 is 1.05 bits per heavy atom. The van der Waals surface area contributed by atoms with Crippen LogP contribution in [0.25, 0.3) is 10.9 Å². The van der Waals surface area contributed by atoms with E-state index in [0.29, 0.717) is 28.7 Å². The van der Waals surface area contributed by atoms with Gasteiger partial charge in [0.05, 0.1) is 26.8 Å². The van der Waals surface area contributed by atoms with Gasteiger partial charge in [0.1, 0.15) is 11.3 Å². The molecular weight excluding hydrogens is 250 g/mol. The van der Waals surface area contributed by atoms with Crippen LogP contribution in [-0.2, 0) is 0 Å². The van der Waals surface area contributed by atoms with Gasteiger partial charge in [-0.15, -0.1) is 0 Å². The molecule has 0 bridgehead atoms. The van der Waals surface area contributed by atoms with Crippen molar-refractivity contribution < 1.29 is 19.0 Å². The number of nitrogens with one attached hydrogen (secondary N) is 1. The predicted molar refractivity (Wildman–Crippen MR) is 69.6 cm³/mol. The molecule has 0 aliphatic carbocycles. The highest BCUT2D eigenvalue weighted by Crippen LogP contribution is 2.37. The van der Waals surface area contributed by atoms with Crippen LogP contribution in [0.3, 0.4) is 0 Å². The van der Waals surface area contributed by atoms with Gasteiger partial charge in [-0.1, -0.05) is 0 Å². The summed E-state index contributed by atoms with van der Waals surface area (Å²) in [5.41, 5.74) is -0.164. The number of pyridine rings is 1. The molecule has 19 heavy (non-hydrogen) atoms. The van der Waals surface area contributed by atoms with E-state index < -0.39 is 5.56 Å². The first-order valence-corrected chi connectivity index (χ1v) is 5.48. The number of H-pyrrole nitrogens is 1. The van der Waals surface area contributed by atoms with Crippen molar-refractivity contribution in [1.82, 2.24) is 4.98 Å². The third-order valence-electron chi connectivity index (χ3n) is 2.84. The molecule has 6 nitrogen and oxygen atoms in total. The Balaban J connectivity index is 2.97. The summed E-state index contributed by atoms with van der Waals surface area (Å²) in [6, 6.07) is 3.37. The second-order valence-electron chi connectivity index (χ2n) is 3.74. The Bertz CT molecular complexity index is 689. The highest BCUT2D eigenvalue weighted by atomic mass is 16.5. The van der Waals surface area contributed by atoms with E-state index in [0.717, 1.165) is 0 Å². The summed E-state index contributed by atoms with van der Waals surface area (Å²) in [6.07, 6.45) is 0.466. The van der Waals surface area contributed by atoms with Gasteiger partial charge in [-0.3, -0.25) is 9.59 Å². The summed E-state index contributed by atoms with van der Waals surface area (Å²) in [4.78, 5) is 25.4. The van der Waals surface area contributed by atoms with Crippen LogP contribution in [0, 0.1) is 0 Å². The van der Waals surface area contributed by atoms with E-state index in [1.54, 1.807) is 12.1 Å². The Morgan fingerprint density at radius 2 is 1.74 bits per heavy atom. The number of aromatic nitrogens is 1. The Kier molecular flexibility index (Phi) is 3.41. The van der Waals surface area contributed by atoms with Crippen molar-refractivity contribution >= 4 is 17.2 Å². The number of methoxy groups -OCH3 is 3. The topological polar surface area (TPSA) is 77.6 Å². The van der Waals surface area contributed by atoms with E-state index in [-0.39, 0.29) is 11.3 Å². The van der Waals surface area contributed by atoms with Gasteiger partial charge < -0.3 is 19.2 Å². The molecular formula is C13H13NO5. The van der Waals surface area contributed by atoms with Crippen LogP contribution < -0.4 is 19.8 Å². The zero-order chi connectivity index (χ0) is 14.0. The van der Waals surface area contributed by atoms with Crippen LogP contribution in [-0.4, -0.2) is 32.6 Å². The number of aldehydes is 1. The van der Waals surface area contributed by atoms with Gasteiger partial charge in [0.15, 0.2) is 17.8 Å². The Hall–Kier alpha value is -2.50. The lowest BCUT2D eigenvalue weighted by Gasteiger charge is -2.13. The number of fused-ring (bicyclic) bond motifs is 1. The third-order valence-corrected chi connectivity index (χ3v) is 2.84. The fraction of sp³-hybridized carbons (Fsp3) is 0.231. The number of benzene rings is 1. The monoisotopic (exact) mass is 263 g/mol. The molecule has 1 heterocycles. The highest BCUT2D eigenvalue weighted by Gasteiger charge is 2.17. The second kappa shape index (κ2) is 5.01. The van der Waals surface area contributed by atoms with Gasteiger partial charge in [-0.25, -0.2) is 0 Å². The summed E-state index contributed by atoms with van der Waals surface area (Å²) < 4.78 is 15.6. The van der Waals surface area contributed by atoms with E-state index in [9.17, 15) is 9.59 Å². The summed E-state index contributed by atoms with van der Waals surface area (Å²) in [6.45, 7) is 0. The average Bonchev–Trinajstić information content (AvgIpc) is 2.44. The lowest BCUT2D eigenvalue weighted by molar-refractivity contribution is 0.111. The number of hydrogen-bond acceptors (Lipinski definition) is 5. The molecule has 1 aromatic carbocycles. The minimum absolute atomic E-state index is 0.0535. The largest absolute Gasteiger partial charge is 0.495 e. The van der Waals surface area contributed by atoms with Crippen molar-refractivity contribution in [3.05, 3.63) is 28.0 Å². The molecule has 0 spiro atoms. The number of hydrogen-bond donors (Lipinski definition) is 1. The molecule has 0 fully saturated rings. The summed E-state index contributed by atoms with van der Waals surface area (Å²) in [7, 11) is 4.37. The minimum atomic E-state index is -0.536. The third kappa shape index (κ3) is 1.91. The van der Waals surface area contributed by atoms with Gasteiger partial charge in [0.25, 0.3) is 5.56 Å². The van der Waals surface area contributed by atoms with Crippen molar-refractivity contribution in [1.29, 1.82) is 0 Å². The molecule has 1 N–H and O–H groups in total. The first kappa shape index (κ1) is 12.9. The van der Waals surface area contributed by atoms with Crippen molar-refractivity contribution in [2.45, 2.75) is 0 Å². The van der Waals surface area contributed by atoms with Crippen LogP contribution in [0.15, 0.2) is 16.9 Å². The molecule has 0 amide bonds. The fourth-order valence-corrected chi connectivity index (χ4v) is 2.00. The molecule has 0 saturated carbocycles. The second-order valence-corrected chi connectivity index (χ2v) is 3.74. The lowest BCUT2D eigenvalue weighted by Crippen LogP contribution is -2.14. The Labute approximate surface area is 108 Å². The van der Waals surface area contributed by atoms with Gasteiger partial charge in [0.2, 0.25) is 0 Å². The number of carbonyl (C=O) groups is 1. The normalized spacial score (nSPS) is 10.3. The van der Waals surface area contributed by atoms with Crippen LogP contribution in [0.2, 0.25) is 0 Å². The summed E-state index contributed by atoms with van der Waals surface area (Å²) in [5, 5.41) is 0.571. The van der Waals surface area contributed by atoms with Crippen molar-refractivity contribution in [2.75, 3.05) is 21.3 Å².